The highest BCUT2D eigenvalue weighted by molar-refractivity contribution is 6.32. The van der Waals surface area contributed by atoms with E-state index in [1.54, 1.807) is 12.1 Å². The molecular formula is C15H14Cl2N2O2. The van der Waals surface area contributed by atoms with Gasteiger partial charge in [-0.1, -0.05) is 41.4 Å². The van der Waals surface area contributed by atoms with Crippen LogP contribution in [0.4, 0.5) is 5.69 Å². The zero-order chi connectivity index (χ0) is 15.4. The van der Waals surface area contributed by atoms with Gasteiger partial charge in [0.15, 0.2) is 0 Å². The van der Waals surface area contributed by atoms with Crippen molar-refractivity contribution in [1.29, 1.82) is 0 Å². The molecule has 2 aromatic rings. The predicted octanol–water partition coefficient (Wildman–Crippen LogP) is 4.75. The van der Waals surface area contributed by atoms with Gasteiger partial charge in [-0.25, -0.2) is 0 Å². The molecule has 0 bridgehead atoms. The molecule has 0 fully saturated rings. The second-order valence-corrected chi connectivity index (χ2v) is 5.54. The van der Waals surface area contributed by atoms with Crippen molar-refractivity contribution >= 4 is 28.9 Å². The Morgan fingerprint density at radius 2 is 1.86 bits per heavy atom. The van der Waals surface area contributed by atoms with Gasteiger partial charge in [-0.15, -0.1) is 0 Å². The summed E-state index contributed by atoms with van der Waals surface area (Å²) in [4.78, 5) is 10.4. The fourth-order valence-corrected chi connectivity index (χ4v) is 2.26. The smallest absolute Gasteiger partial charge is 0.288 e. The van der Waals surface area contributed by atoms with Crippen molar-refractivity contribution < 1.29 is 4.92 Å². The summed E-state index contributed by atoms with van der Waals surface area (Å²) in [7, 11) is 0. The van der Waals surface area contributed by atoms with Gasteiger partial charge in [-0.3, -0.25) is 10.1 Å². The van der Waals surface area contributed by atoms with Crippen LogP contribution in [0.5, 0.6) is 0 Å². The number of nitro benzene ring substituents is 1. The second-order valence-electron chi connectivity index (χ2n) is 4.70. The fraction of sp³-hybridized carbons (Fsp3) is 0.200. The van der Waals surface area contributed by atoms with Gasteiger partial charge in [0, 0.05) is 23.7 Å². The van der Waals surface area contributed by atoms with Crippen molar-refractivity contribution in [2.45, 2.75) is 19.5 Å². The van der Waals surface area contributed by atoms with E-state index in [4.69, 9.17) is 23.2 Å². The highest BCUT2D eigenvalue weighted by atomic mass is 35.5. The average molecular weight is 325 g/mol. The minimum absolute atomic E-state index is 0.0740. The fourth-order valence-electron chi connectivity index (χ4n) is 1.95. The lowest BCUT2D eigenvalue weighted by Crippen LogP contribution is -2.18. The normalized spacial score (nSPS) is 12.1. The van der Waals surface area contributed by atoms with Gasteiger partial charge in [0.05, 0.1) is 4.92 Å². The summed E-state index contributed by atoms with van der Waals surface area (Å²) in [6.45, 7) is 2.54. The van der Waals surface area contributed by atoms with Crippen molar-refractivity contribution in [3.05, 3.63) is 73.8 Å². The van der Waals surface area contributed by atoms with E-state index in [0.717, 1.165) is 11.1 Å². The van der Waals surface area contributed by atoms with E-state index in [9.17, 15) is 10.1 Å². The zero-order valence-corrected chi connectivity index (χ0v) is 12.9. The lowest BCUT2D eigenvalue weighted by Gasteiger charge is -2.14. The van der Waals surface area contributed by atoms with Gasteiger partial charge >= 0.3 is 0 Å². The Labute approximate surface area is 132 Å². The molecule has 0 spiro atoms. The summed E-state index contributed by atoms with van der Waals surface area (Å²) in [5.74, 6) is 0. The number of nitro groups is 1. The maximum Gasteiger partial charge on any atom is 0.288 e. The van der Waals surface area contributed by atoms with E-state index in [0.29, 0.717) is 11.6 Å². The molecule has 0 saturated carbocycles. The minimum atomic E-state index is -0.478. The Bertz CT molecular complexity index is 645. The molecule has 1 atom stereocenters. The van der Waals surface area contributed by atoms with Crippen LogP contribution in [0.3, 0.4) is 0 Å². The van der Waals surface area contributed by atoms with Gasteiger partial charge in [-0.2, -0.15) is 0 Å². The van der Waals surface area contributed by atoms with Crippen molar-refractivity contribution in [1.82, 2.24) is 5.32 Å². The zero-order valence-electron chi connectivity index (χ0n) is 11.3. The SMILES string of the molecule is CC(NCc1ccc(Cl)c([N+](=O)[O-])c1)c1ccc(Cl)cc1. The third kappa shape index (κ3) is 4.17. The summed E-state index contributed by atoms with van der Waals surface area (Å²) in [6, 6.07) is 12.5. The Kier molecular flexibility index (Phi) is 5.17. The van der Waals surface area contributed by atoms with Crippen molar-refractivity contribution in [3.8, 4) is 0 Å². The molecule has 1 N–H and O–H groups in total. The van der Waals surface area contributed by atoms with Crippen LogP contribution < -0.4 is 5.32 Å². The molecule has 6 heteroatoms. The number of halogens is 2. The summed E-state index contributed by atoms with van der Waals surface area (Å²) >= 11 is 11.6. The second kappa shape index (κ2) is 6.89. The molecule has 0 radical (unpaired) electrons. The molecule has 0 heterocycles. The highest BCUT2D eigenvalue weighted by Gasteiger charge is 2.13. The van der Waals surface area contributed by atoms with Gasteiger partial charge in [0.25, 0.3) is 5.69 Å². The number of benzene rings is 2. The van der Waals surface area contributed by atoms with Crippen LogP contribution in [0, 0.1) is 10.1 Å². The first-order valence-electron chi connectivity index (χ1n) is 6.39. The summed E-state index contributed by atoms with van der Waals surface area (Å²) < 4.78 is 0. The van der Waals surface area contributed by atoms with E-state index in [2.05, 4.69) is 5.32 Å². The van der Waals surface area contributed by atoms with Crippen LogP contribution in [-0.4, -0.2) is 4.92 Å². The molecule has 2 aromatic carbocycles. The van der Waals surface area contributed by atoms with E-state index in [1.165, 1.54) is 6.07 Å². The Balaban J connectivity index is 2.04. The van der Waals surface area contributed by atoms with Gasteiger partial charge in [0.1, 0.15) is 5.02 Å². The standard InChI is InChI=1S/C15H14Cl2N2O2/c1-10(12-3-5-13(16)6-4-12)18-9-11-2-7-14(17)15(8-11)19(20)21/h2-8,10,18H,9H2,1H3. The van der Waals surface area contributed by atoms with Crippen molar-refractivity contribution in [3.63, 3.8) is 0 Å². The van der Waals surface area contributed by atoms with E-state index < -0.39 is 4.92 Å². The van der Waals surface area contributed by atoms with E-state index >= 15 is 0 Å². The molecule has 0 amide bonds. The first-order valence-corrected chi connectivity index (χ1v) is 7.14. The number of hydrogen-bond donors (Lipinski definition) is 1. The molecule has 21 heavy (non-hydrogen) atoms. The monoisotopic (exact) mass is 324 g/mol. The van der Waals surface area contributed by atoms with Crippen molar-refractivity contribution in [2.24, 2.45) is 0 Å². The van der Waals surface area contributed by atoms with Gasteiger partial charge in [0.2, 0.25) is 0 Å². The predicted molar refractivity (Wildman–Crippen MR) is 84.8 cm³/mol. The van der Waals surface area contributed by atoms with Crippen LogP contribution in [0.2, 0.25) is 10.0 Å². The molecule has 0 aliphatic carbocycles. The topological polar surface area (TPSA) is 55.2 Å². The largest absolute Gasteiger partial charge is 0.306 e. The molecule has 0 aliphatic rings. The van der Waals surface area contributed by atoms with Crippen LogP contribution in [-0.2, 0) is 6.54 Å². The molecule has 0 saturated heterocycles. The van der Waals surface area contributed by atoms with E-state index in [1.807, 2.05) is 31.2 Å². The summed E-state index contributed by atoms with van der Waals surface area (Å²) in [6.07, 6.45) is 0. The number of hydrogen-bond acceptors (Lipinski definition) is 3. The van der Waals surface area contributed by atoms with Crippen LogP contribution in [0.1, 0.15) is 24.1 Å². The quantitative estimate of drug-likeness (QED) is 0.637. The Morgan fingerprint density at radius 1 is 1.19 bits per heavy atom. The molecule has 0 aromatic heterocycles. The molecule has 0 aliphatic heterocycles. The van der Waals surface area contributed by atoms with Crippen LogP contribution >= 0.6 is 23.2 Å². The molecule has 110 valence electrons. The highest BCUT2D eigenvalue weighted by Crippen LogP contribution is 2.25. The first kappa shape index (κ1) is 15.8. The lowest BCUT2D eigenvalue weighted by atomic mass is 10.1. The van der Waals surface area contributed by atoms with Gasteiger partial charge in [-0.05, 0) is 36.2 Å². The third-order valence-electron chi connectivity index (χ3n) is 3.19. The molecule has 1 unspecified atom stereocenters. The molecule has 2 rings (SSSR count). The Morgan fingerprint density at radius 3 is 2.48 bits per heavy atom. The number of nitrogens with one attached hydrogen (secondary N) is 1. The van der Waals surface area contributed by atoms with Gasteiger partial charge < -0.3 is 5.32 Å². The molecule has 4 nitrogen and oxygen atoms in total. The third-order valence-corrected chi connectivity index (χ3v) is 3.76. The maximum atomic E-state index is 10.9. The minimum Gasteiger partial charge on any atom is -0.306 e. The number of rotatable bonds is 5. The lowest BCUT2D eigenvalue weighted by molar-refractivity contribution is -0.384. The number of nitrogens with zero attached hydrogens (tertiary/aromatic N) is 1. The van der Waals surface area contributed by atoms with Crippen molar-refractivity contribution in [2.75, 3.05) is 0 Å². The summed E-state index contributed by atoms with van der Waals surface area (Å²) in [5, 5.41) is 15.0. The molecular weight excluding hydrogens is 311 g/mol. The maximum absolute atomic E-state index is 10.9. The summed E-state index contributed by atoms with van der Waals surface area (Å²) in [5.41, 5.74) is 1.84. The first-order chi connectivity index (χ1) is 9.97. The van der Waals surface area contributed by atoms with Crippen LogP contribution in [0.15, 0.2) is 42.5 Å². The average Bonchev–Trinajstić information content (AvgIpc) is 2.46. The van der Waals surface area contributed by atoms with E-state index in [-0.39, 0.29) is 16.8 Å². The van der Waals surface area contributed by atoms with Crippen LogP contribution in [0.25, 0.3) is 0 Å². The Hall–Kier alpha value is -1.62.